The Balaban J connectivity index is 1.40. The minimum absolute atomic E-state index is 0.749. The summed E-state index contributed by atoms with van der Waals surface area (Å²) >= 11 is 2.44. The molecule has 8 rings (SSSR count). The second-order valence-electron chi connectivity index (χ2n) is 12.1. The molecule has 6 aromatic carbocycles. The van der Waals surface area contributed by atoms with Crippen molar-refractivity contribution in [1.29, 1.82) is 0 Å². The Hall–Kier alpha value is -5.57. The number of hydrogen-bond donors (Lipinski definition) is 0. The molecular weight excluding hydrogens is 780 g/mol. The van der Waals surface area contributed by atoms with E-state index < -0.39 is 0 Å². The zero-order valence-electron chi connectivity index (χ0n) is 27.1. The Kier molecular flexibility index (Phi) is 8.47. The number of aromatic nitrogens is 3. The summed E-state index contributed by atoms with van der Waals surface area (Å²) in [5, 5.41) is 0. The Morgan fingerprint density at radius 2 is 1.16 bits per heavy atom. The first kappa shape index (κ1) is 30.7. The van der Waals surface area contributed by atoms with E-state index in [2.05, 4.69) is 209 Å². The molecule has 49 heavy (non-hydrogen) atoms. The van der Waals surface area contributed by atoms with Crippen molar-refractivity contribution in [3.05, 3.63) is 191 Å². The fraction of sp³-hybridized carbons (Fsp3) is 0.0455. The molecule has 0 aliphatic heterocycles. The van der Waals surface area contributed by atoms with Gasteiger partial charge in [-0.05, 0) is 6.07 Å². The molecule has 0 saturated heterocycles. The second kappa shape index (κ2) is 13.5. The molecule has 0 spiro atoms. The van der Waals surface area contributed by atoms with E-state index in [-0.39, 0.29) is 0 Å². The summed E-state index contributed by atoms with van der Waals surface area (Å²) in [5.41, 5.74) is 13.7. The molecule has 0 fully saturated rings. The second-order valence-corrected chi connectivity index (χ2v) is 13.1. The molecule has 0 bridgehead atoms. The number of pyridine rings is 1. The van der Waals surface area contributed by atoms with Crippen molar-refractivity contribution in [2.45, 2.75) is 6.42 Å². The van der Waals surface area contributed by atoms with Crippen molar-refractivity contribution >= 4 is 28.1 Å². The Bertz CT molecular complexity index is 2390. The van der Waals surface area contributed by atoms with E-state index in [0.717, 1.165) is 49.8 Å². The van der Waals surface area contributed by atoms with Crippen molar-refractivity contribution in [3.8, 4) is 27.9 Å². The van der Waals surface area contributed by atoms with Crippen LogP contribution in [0.25, 0.3) is 39.0 Å². The van der Waals surface area contributed by atoms with Gasteiger partial charge in [0.05, 0.1) is 0 Å². The van der Waals surface area contributed by atoms with Gasteiger partial charge >= 0.3 is 281 Å². The summed E-state index contributed by atoms with van der Waals surface area (Å²) in [5.74, 6) is 0. The molecule has 0 aliphatic rings. The predicted molar refractivity (Wildman–Crippen MR) is 198 cm³/mol. The molecule has 0 N–H and O–H groups in total. The SMILES string of the molecule is Cn1[c](=[Pt])n(-c2cccc(N(c3cccc(Cc4ccccn4)c3)c3c(-c4ccccc4)cccc3-c3ccccc3)c2)c2ccccc21. The van der Waals surface area contributed by atoms with Crippen LogP contribution >= 0.6 is 0 Å². The van der Waals surface area contributed by atoms with Crippen LogP contribution < -0.4 is 4.90 Å². The van der Waals surface area contributed by atoms with Gasteiger partial charge in [0.1, 0.15) is 0 Å². The monoisotopic (exact) mass is 813 g/mol. The van der Waals surface area contributed by atoms with Crippen LogP contribution in [0.15, 0.2) is 176 Å². The van der Waals surface area contributed by atoms with Crippen molar-refractivity contribution in [1.82, 2.24) is 14.1 Å². The first-order valence-electron chi connectivity index (χ1n) is 16.4. The van der Waals surface area contributed by atoms with E-state index >= 15 is 0 Å². The van der Waals surface area contributed by atoms with E-state index in [4.69, 9.17) is 0 Å². The van der Waals surface area contributed by atoms with E-state index in [9.17, 15) is 0 Å². The van der Waals surface area contributed by atoms with Gasteiger partial charge in [0.2, 0.25) is 0 Å². The van der Waals surface area contributed by atoms with Crippen LogP contribution in [-0.2, 0) is 32.8 Å². The topological polar surface area (TPSA) is 26.0 Å². The van der Waals surface area contributed by atoms with Crippen LogP contribution in [0.2, 0.25) is 0 Å². The number of anilines is 3. The summed E-state index contributed by atoms with van der Waals surface area (Å²) in [6.07, 6.45) is 2.62. The van der Waals surface area contributed by atoms with Crippen molar-refractivity contribution in [2.75, 3.05) is 4.90 Å². The zero-order chi connectivity index (χ0) is 33.2. The molecule has 0 aliphatic carbocycles. The van der Waals surface area contributed by atoms with E-state index in [1.807, 2.05) is 12.3 Å². The number of imidazole rings is 1. The van der Waals surface area contributed by atoms with Gasteiger partial charge in [-0.15, -0.1) is 0 Å². The summed E-state index contributed by atoms with van der Waals surface area (Å²) in [6.45, 7) is 0. The zero-order valence-corrected chi connectivity index (χ0v) is 29.3. The normalized spacial score (nSPS) is 11.2. The van der Waals surface area contributed by atoms with Gasteiger partial charge in [0, 0.05) is 6.20 Å². The first-order valence-corrected chi connectivity index (χ1v) is 17.5. The van der Waals surface area contributed by atoms with Crippen LogP contribution in [-0.4, -0.2) is 14.1 Å². The average Bonchev–Trinajstić information content (AvgIpc) is 3.42. The maximum absolute atomic E-state index is 4.63. The maximum atomic E-state index is 4.63. The van der Waals surface area contributed by atoms with Crippen molar-refractivity contribution < 1.29 is 19.4 Å². The van der Waals surface area contributed by atoms with Gasteiger partial charge in [-0.1, -0.05) is 6.07 Å². The molecule has 5 heteroatoms. The first-order chi connectivity index (χ1) is 24.2. The molecule has 2 aromatic heterocycles. The van der Waals surface area contributed by atoms with Gasteiger partial charge in [-0.2, -0.15) is 0 Å². The van der Waals surface area contributed by atoms with Crippen molar-refractivity contribution in [3.63, 3.8) is 0 Å². The molecule has 0 amide bonds. The number of hydrogen-bond acceptors (Lipinski definition) is 2. The minimum atomic E-state index is 0.749. The molecule has 8 aromatic rings. The molecule has 0 radical (unpaired) electrons. The van der Waals surface area contributed by atoms with Gasteiger partial charge in [-0.3, -0.25) is 0 Å². The van der Waals surface area contributed by atoms with E-state index in [1.54, 1.807) is 0 Å². The average molecular weight is 814 g/mol. The Morgan fingerprint density at radius 1 is 0.571 bits per heavy atom. The number of rotatable bonds is 8. The summed E-state index contributed by atoms with van der Waals surface area (Å²) < 4.78 is 5.73. The van der Waals surface area contributed by atoms with Crippen LogP contribution in [0.3, 0.4) is 0 Å². The fourth-order valence-electron chi connectivity index (χ4n) is 6.69. The molecule has 4 nitrogen and oxygen atoms in total. The molecule has 2 heterocycles. The molecular formula is C44H34N4Pt. The third kappa shape index (κ3) is 6.01. The van der Waals surface area contributed by atoms with Crippen LogP contribution in [0, 0.1) is 3.80 Å². The number of fused-ring (bicyclic) bond motifs is 1. The third-order valence-corrected chi connectivity index (χ3v) is 10.2. The van der Waals surface area contributed by atoms with Gasteiger partial charge in [-0.25, -0.2) is 0 Å². The van der Waals surface area contributed by atoms with Crippen molar-refractivity contribution in [2.24, 2.45) is 7.05 Å². The predicted octanol–water partition coefficient (Wildman–Crippen LogP) is 10.8. The number of benzene rings is 6. The third-order valence-electron chi connectivity index (χ3n) is 8.97. The van der Waals surface area contributed by atoms with Crippen LogP contribution in [0.1, 0.15) is 11.3 Å². The molecule has 0 atom stereocenters. The quantitative estimate of drug-likeness (QED) is 0.153. The van der Waals surface area contributed by atoms with Gasteiger partial charge < -0.3 is 0 Å². The van der Waals surface area contributed by atoms with Crippen LogP contribution in [0.4, 0.5) is 17.1 Å². The molecule has 0 saturated carbocycles. The standard InChI is InChI=1S/C44H34N4.Pt/c1-46-32-47(43-27-9-8-26-42(43)46)37-21-13-23-39(31-37)48(38-22-12-15-33(30-38)29-36-20-10-11-28-45-36)44-40(34-16-4-2-5-17-34)24-14-25-41(44)35-18-6-3-7-19-35;/h2-28,30-31H,29H2,1H3;. The van der Waals surface area contributed by atoms with E-state index in [1.165, 1.54) is 27.7 Å². The number of aryl methyl sites for hydroxylation is 1. The molecule has 240 valence electrons. The van der Waals surface area contributed by atoms with Crippen LogP contribution in [0.5, 0.6) is 0 Å². The van der Waals surface area contributed by atoms with Gasteiger partial charge in [0.15, 0.2) is 0 Å². The summed E-state index contributed by atoms with van der Waals surface area (Å²) in [6, 6.07) is 60.6. The Labute approximate surface area is 297 Å². The van der Waals surface area contributed by atoms with Gasteiger partial charge in [0.25, 0.3) is 0 Å². The summed E-state index contributed by atoms with van der Waals surface area (Å²) in [4.78, 5) is 7.07. The fourth-order valence-corrected chi connectivity index (χ4v) is 7.53. The summed E-state index contributed by atoms with van der Waals surface area (Å²) in [7, 11) is 2.13. The number of nitrogens with zero attached hydrogens (tertiary/aromatic N) is 4. The number of para-hydroxylation sites is 3. The van der Waals surface area contributed by atoms with E-state index in [0.29, 0.717) is 0 Å². The molecule has 0 unspecified atom stereocenters. The Morgan fingerprint density at radius 3 is 1.84 bits per heavy atom.